The van der Waals surface area contributed by atoms with E-state index in [1.807, 2.05) is 12.1 Å². The molecule has 0 aliphatic heterocycles. The Hall–Kier alpha value is -1.25. The first-order valence-electron chi connectivity index (χ1n) is 4.63. The molecule has 0 N–H and O–H groups in total. The predicted molar refractivity (Wildman–Crippen MR) is 52.0 cm³/mol. The van der Waals surface area contributed by atoms with E-state index in [9.17, 15) is 0 Å². The van der Waals surface area contributed by atoms with E-state index in [1.165, 1.54) is 12.8 Å². The molecule has 1 aromatic rings. The number of nitrogens with zero attached hydrogens (tertiary/aromatic N) is 3. The van der Waals surface area contributed by atoms with E-state index in [0.717, 1.165) is 13.0 Å². The van der Waals surface area contributed by atoms with Gasteiger partial charge in [-0.05, 0) is 18.6 Å². The summed E-state index contributed by atoms with van der Waals surface area (Å²) in [6.07, 6.45) is 7.97. The van der Waals surface area contributed by atoms with Crippen LogP contribution in [0.2, 0.25) is 0 Å². The lowest BCUT2D eigenvalue weighted by Crippen LogP contribution is -1.78. The summed E-state index contributed by atoms with van der Waals surface area (Å²) in [7, 11) is 0. The van der Waals surface area contributed by atoms with Crippen LogP contribution in [0, 0.1) is 6.20 Å². The Morgan fingerprint density at radius 3 is 3.08 bits per heavy atom. The third-order valence-electron chi connectivity index (χ3n) is 1.63. The predicted octanol–water partition coefficient (Wildman–Crippen LogP) is 3.16. The van der Waals surface area contributed by atoms with Gasteiger partial charge in [-0.3, -0.25) is 4.98 Å². The molecule has 1 aromatic heterocycles. The molecule has 3 nitrogen and oxygen atoms in total. The van der Waals surface area contributed by atoms with Crippen LogP contribution >= 0.6 is 0 Å². The van der Waals surface area contributed by atoms with Gasteiger partial charge in [-0.25, -0.2) is 0 Å². The Morgan fingerprint density at radius 1 is 1.46 bits per heavy atom. The second-order valence-corrected chi connectivity index (χ2v) is 2.81. The van der Waals surface area contributed by atoms with Crippen LogP contribution in [0.1, 0.15) is 26.2 Å². The summed E-state index contributed by atoms with van der Waals surface area (Å²) in [6, 6.07) is 3.67. The molecular formula is C10H14N3. The van der Waals surface area contributed by atoms with Gasteiger partial charge in [0.1, 0.15) is 11.9 Å². The monoisotopic (exact) mass is 176 g/mol. The maximum Gasteiger partial charge on any atom is 0.118 e. The van der Waals surface area contributed by atoms with Crippen LogP contribution in [-0.4, -0.2) is 11.5 Å². The zero-order valence-electron chi connectivity index (χ0n) is 7.90. The molecule has 13 heavy (non-hydrogen) atoms. The number of aromatic nitrogens is 1. The quantitative estimate of drug-likeness (QED) is 0.501. The highest BCUT2D eigenvalue weighted by atomic mass is 15.1. The van der Waals surface area contributed by atoms with E-state index in [1.54, 1.807) is 6.20 Å². The Labute approximate surface area is 78.9 Å². The lowest BCUT2D eigenvalue weighted by molar-refractivity contribution is 0.713. The van der Waals surface area contributed by atoms with E-state index >= 15 is 0 Å². The average molecular weight is 176 g/mol. The Kier molecular flexibility index (Phi) is 4.76. The minimum Gasteiger partial charge on any atom is -0.252 e. The third kappa shape index (κ3) is 4.35. The molecule has 0 aliphatic carbocycles. The van der Waals surface area contributed by atoms with E-state index in [0.29, 0.717) is 5.69 Å². The maximum absolute atomic E-state index is 4.03. The van der Waals surface area contributed by atoms with Crippen molar-refractivity contribution in [2.45, 2.75) is 26.2 Å². The lowest BCUT2D eigenvalue weighted by Gasteiger charge is -1.91. The van der Waals surface area contributed by atoms with Gasteiger partial charge in [0, 0.05) is 6.20 Å². The van der Waals surface area contributed by atoms with Crippen LogP contribution in [-0.2, 0) is 0 Å². The van der Waals surface area contributed by atoms with Gasteiger partial charge in [0.2, 0.25) is 0 Å². The van der Waals surface area contributed by atoms with Crippen LogP contribution in [0.25, 0.3) is 0 Å². The highest BCUT2D eigenvalue weighted by molar-refractivity contribution is 5.29. The minimum atomic E-state index is 0.707. The fourth-order valence-corrected chi connectivity index (χ4v) is 0.932. The second kappa shape index (κ2) is 6.29. The molecule has 69 valence electrons. The fraction of sp³-hybridized carbons (Fsp3) is 0.500. The van der Waals surface area contributed by atoms with Crippen molar-refractivity contribution in [1.29, 1.82) is 0 Å². The molecule has 0 amide bonds. The van der Waals surface area contributed by atoms with Crippen LogP contribution < -0.4 is 0 Å². The van der Waals surface area contributed by atoms with Crippen molar-refractivity contribution < 1.29 is 0 Å². The molecule has 0 unspecified atom stereocenters. The molecule has 0 atom stereocenters. The van der Waals surface area contributed by atoms with Crippen LogP contribution in [0.3, 0.4) is 0 Å². The minimum absolute atomic E-state index is 0.707. The summed E-state index contributed by atoms with van der Waals surface area (Å²) >= 11 is 0. The van der Waals surface area contributed by atoms with Gasteiger partial charge in [0.15, 0.2) is 0 Å². The van der Waals surface area contributed by atoms with Gasteiger partial charge in [-0.15, -0.1) is 0 Å². The summed E-state index contributed by atoms with van der Waals surface area (Å²) in [5.74, 6) is 0. The van der Waals surface area contributed by atoms with Gasteiger partial charge >= 0.3 is 0 Å². The second-order valence-electron chi connectivity index (χ2n) is 2.81. The maximum atomic E-state index is 4.03. The van der Waals surface area contributed by atoms with E-state index in [-0.39, 0.29) is 0 Å². The van der Waals surface area contributed by atoms with Crippen LogP contribution in [0.4, 0.5) is 5.69 Å². The van der Waals surface area contributed by atoms with Crippen molar-refractivity contribution in [3.8, 4) is 0 Å². The number of hydrogen-bond acceptors (Lipinski definition) is 3. The fourth-order valence-electron chi connectivity index (χ4n) is 0.932. The van der Waals surface area contributed by atoms with Crippen molar-refractivity contribution in [2.24, 2.45) is 10.2 Å². The summed E-state index contributed by atoms with van der Waals surface area (Å²) in [4.78, 5) is 3.82. The van der Waals surface area contributed by atoms with Crippen LogP contribution in [0.15, 0.2) is 28.6 Å². The molecule has 0 spiro atoms. The first-order valence-corrected chi connectivity index (χ1v) is 4.63. The van der Waals surface area contributed by atoms with Crippen molar-refractivity contribution >= 4 is 5.69 Å². The normalized spacial score (nSPS) is 10.8. The molecule has 0 aromatic carbocycles. The van der Waals surface area contributed by atoms with E-state index in [4.69, 9.17) is 0 Å². The zero-order valence-corrected chi connectivity index (χ0v) is 7.90. The van der Waals surface area contributed by atoms with Gasteiger partial charge in [0.25, 0.3) is 0 Å². The number of unbranched alkanes of at least 4 members (excludes halogenated alkanes) is 2. The summed E-state index contributed by atoms with van der Waals surface area (Å²) < 4.78 is 0. The van der Waals surface area contributed by atoms with Gasteiger partial charge in [0.05, 0.1) is 6.54 Å². The van der Waals surface area contributed by atoms with E-state index < -0.39 is 0 Å². The molecule has 0 saturated carbocycles. The molecule has 0 aliphatic rings. The highest BCUT2D eigenvalue weighted by Gasteiger charge is 1.86. The number of pyridine rings is 1. The topological polar surface area (TPSA) is 37.6 Å². The summed E-state index contributed by atoms with van der Waals surface area (Å²) in [5, 5.41) is 8.02. The van der Waals surface area contributed by atoms with Crippen molar-refractivity contribution in [3.63, 3.8) is 0 Å². The number of azo groups is 1. The Bertz CT molecular complexity index is 244. The molecule has 0 saturated heterocycles. The first kappa shape index (κ1) is 9.84. The third-order valence-corrected chi connectivity index (χ3v) is 1.63. The molecule has 3 heteroatoms. The zero-order chi connectivity index (χ0) is 9.36. The lowest BCUT2D eigenvalue weighted by atomic mass is 10.3. The highest BCUT2D eigenvalue weighted by Crippen LogP contribution is 2.07. The molecule has 1 rings (SSSR count). The molecule has 0 fully saturated rings. The van der Waals surface area contributed by atoms with E-state index in [2.05, 4.69) is 28.3 Å². The summed E-state index contributed by atoms with van der Waals surface area (Å²) in [5.41, 5.74) is 0.707. The van der Waals surface area contributed by atoms with Crippen molar-refractivity contribution in [2.75, 3.05) is 6.54 Å². The Balaban J connectivity index is 2.25. The first-order chi connectivity index (χ1) is 6.43. The molecule has 0 bridgehead atoms. The van der Waals surface area contributed by atoms with Crippen molar-refractivity contribution in [3.05, 3.63) is 24.5 Å². The molecular weight excluding hydrogens is 162 g/mol. The number of rotatable bonds is 5. The molecule has 1 heterocycles. The Morgan fingerprint density at radius 2 is 2.38 bits per heavy atom. The van der Waals surface area contributed by atoms with Crippen LogP contribution in [0.5, 0.6) is 0 Å². The smallest absolute Gasteiger partial charge is 0.118 e. The van der Waals surface area contributed by atoms with Gasteiger partial charge in [-0.2, -0.15) is 10.2 Å². The van der Waals surface area contributed by atoms with Gasteiger partial charge in [-0.1, -0.05) is 19.8 Å². The van der Waals surface area contributed by atoms with Gasteiger partial charge < -0.3 is 0 Å². The average Bonchev–Trinajstić information content (AvgIpc) is 2.19. The standard InChI is InChI=1S/C10H14N3/c1-2-3-4-8-12-13-10-6-5-7-11-9-10/h5-7H,2-4,8H2,1H3/b13-12+. The SMILES string of the molecule is CCCCC/N=N/c1[c]nccc1. The summed E-state index contributed by atoms with van der Waals surface area (Å²) in [6.45, 7) is 2.97. The largest absolute Gasteiger partial charge is 0.252 e. The molecule has 1 radical (unpaired) electrons. The number of hydrogen-bond donors (Lipinski definition) is 0. The van der Waals surface area contributed by atoms with Crippen molar-refractivity contribution in [1.82, 2.24) is 4.98 Å².